The molecule has 0 fully saturated rings. The van der Waals surface area contributed by atoms with E-state index < -0.39 is 29.9 Å². The number of hydrogen-bond acceptors (Lipinski definition) is 5. The van der Waals surface area contributed by atoms with Gasteiger partial charge in [-0.05, 0) is 54.6 Å². The molecule has 0 spiro atoms. The number of rotatable bonds is 5. The zero-order valence-electron chi connectivity index (χ0n) is 17.3. The highest BCUT2D eigenvalue weighted by molar-refractivity contribution is 6.02. The van der Waals surface area contributed by atoms with Crippen molar-refractivity contribution in [1.82, 2.24) is 19.7 Å². The van der Waals surface area contributed by atoms with Crippen LogP contribution in [-0.4, -0.2) is 32.0 Å². The standard InChI is InChI=1S/C22H13F6N5O2/c23-21(24,25)19-10-18(13-2-1-9-29-11-13)32-33(19)15-5-8-17(30-12-15)20(34)31-14-3-6-16(7-4-14)35-22(26,27)28/h1-12H,(H,31,34). The molecule has 1 N–H and O–H groups in total. The number of aromatic nitrogens is 4. The molecule has 4 rings (SSSR count). The third-order valence-corrected chi connectivity index (χ3v) is 4.53. The summed E-state index contributed by atoms with van der Waals surface area (Å²) in [6, 6.07) is 10.8. The summed E-state index contributed by atoms with van der Waals surface area (Å²) in [7, 11) is 0. The zero-order chi connectivity index (χ0) is 25.2. The Morgan fingerprint density at radius 3 is 2.26 bits per heavy atom. The van der Waals surface area contributed by atoms with Gasteiger partial charge in [0.05, 0.1) is 17.6 Å². The SMILES string of the molecule is O=C(Nc1ccc(OC(F)(F)F)cc1)c1ccc(-n2nc(-c3cccnc3)cc2C(F)(F)F)cn1. The number of carbonyl (C=O) groups excluding carboxylic acids is 1. The van der Waals surface area contributed by atoms with E-state index in [-0.39, 0.29) is 22.8 Å². The number of halogens is 6. The molecule has 3 heterocycles. The van der Waals surface area contributed by atoms with Gasteiger partial charge in [-0.15, -0.1) is 13.2 Å². The molecule has 0 bridgehead atoms. The Bertz CT molecular complexity index is 1320. The Morgan fingerprint density at radius 1 is 0.943 bits per heavy atom. The van der Waals surface area contributed by atoms with E-state index in [2.05, 4.69) is 25.1 Å². The Kier molecular flexibility index (Phi) is 6.16. The van der Waals surface area contributed by atoms with Crippen LogP contribution in [-0.2, 0) is 6.18 Å². The first-order valence-electron chi connectivity index (χ1n) is 9.71. The zero-order valence-corrected chi connectivity index (χ0v) is 17.3. The largest absolute Gasteiger partial charge is 0.573 e. The van der Waals surface area contributed by atoms with Gasteiger partial charge in [-0.1, -0.05) is 0 Å². The molecule has 0 aliphatic heterocycles. The van der Waals surface area contributed by atoms with Gasteiger partial charge in [-0.25, -0.2) is 9.67 Å². The summed E-state index contributed by atoms with van der Waals surface area (Å²) in [5, 5.41) is 6.44. The molecule has 0 saturated heterocycles. The Balaban J connectivity index is 1.54. The topological polar surface area (TPSA) is 81.9 Å². The van der Waals surface area contributed by atoms with Crippen molar-refractivity contribution in [2.75, 3.05) is 5.32 Å². The van der Waals surface area contributed by atoms with Crippen molar-refractivity contribution in [1.29, 1.82) is 0 Å². The predicted octanol–water partition coefficient (Wildman–Crippen LogP) is 5.50. The molecule has 0 saturated carbocycles. The molecule has 0 unspecified atom stereocenters. The van der Waals surface area contributed by atoms with Crippen LogP contribution in [0.1, 0.15) is 16.2 Å². The van der Waals surface area contributed by atoms with Gasteiger partial charge in [-0.3, -0.25) is 9.78 Å². The number of anilines is 1. The number of carbonyl (C=O) groups is 1. The van der Waals surface area contributed by atoms with Crippen LogP contribution >= 0.6 is 0 Å². The molecule has 13 heteroatoms. The lowest BCUT2D eigenvalue weighted by molar-refractivity contribution is -0.274. The summed E-state index contributed by atoms with van der Waals surface area (Å²) in [4.78, 5) is 20.2. The molecule has 0 aliphatic carbocycles. The minimum Gasteiger partial charge on any atom is -0.406 e. The molecule has 0 atom stereocenters. The highest BCUT2D eigenvalue weighted by Crippen LogP contribution is 2.34. The second kappa shape index (κ2) is 9.08. The lowest BCUT2D eigenvalue weighted by Crippen LogP contribution is -2.17. The molecule has 180 valence electrons. The highest BCUT2D eigenvalue weighted by atomic mass is 19.4. The molecule has 0 radical (unpaired) electrons. The van der Waals surface area contributed by atoms with Crippen molar-refractivity contribution < 1.29 is 35.9 Å². The second-order valence-corrected chi connectivity index (χ2v) is 6.99. The Hall–Kier alpha value is -4.42. The second-order valence-electron chi connectivity index (χ2n) is 6.99. The Morgan fingerprint density at radius 2 is 1.69 bits per heavy atom. The summed E-state index contributed by atoms with van der Waals surface area (Å²) in [5.41, 5.74) is -0.646. The summed E-state index contributed by atoms with van der Waals surface area (Å²) < 4.78 is 81.9. The van der Waals surface area contributed by atoms with Crippen LogP contribution in [0.5, 0.6) is 5.75 Å². The van der Waals surface area contributed by atoms with Crippen LogP contribution in [0.2, 0.25) is 0 Å². The van der Waals surface area contributed by atoms with Gasteiger partial charge in [0.1, 0.15) is 17.1 Å². The smallest absolute Gasteiger partial charge is 0.406 e. The molecular weight excluding hydrogens is 480 g/mol. The van der Waals surface area contributed by atoms with E-state index in [9.17, 15) is 31.1 Å². The van der Waals surface area contributed by atoms with Gasteiger partial charge >= 0.3 is 12.5 Å². The number of amides is 1. The van der Waals surface area contributed by atoms with Crippen LogP contribution in [0.4, 0.5) is 32.0 Å². The number of ether oxygens (including phenoxy) is 1. The first-order chi connectivity index (χ1) is 16.5. The van der Waals surface area contributed by atoms with Crippen LogP contribution < -0.4 is 10.1 Å². The normalized spacial score (nSPS) is 11.8. The minimum atomic E-state index is -4.85. The minimum absolute atomic E-state index is 0.0438. The van der Waals surface area contributed by atoms with Crippen molar-refractivity contribution in [2.45, 2.75) is 12.5 Å². The van der Waals surface area contributed by atoms with Crippen molar-refractivity contribution in [3.05, 3.63) is 84.6 Å². The van der Waals surface area contributed by atoms with Gasteiger partial charge < -0.3 is 10.1 Å². The maximum absolute atomic E-state index is 13.6. The molecule has 3 aromatic heterocycles. The number of nitrogens with zero attached hydrogens (tertiary/aromatic N) is 4. The molecule has 1 aromatic carbocycles. The monoisotopic (exact) mass is 493 g/mol. The number of nitrogens with one attached hydrogen (secondary N) is 1. The third kappa shape index (κ3) is 5.75. The van der Waals surface area contributed by atoms with E-state index in [1.54, 1.807) is 12.1 Å². The quantitative estimate of drug-likeness (QED) is 0.372. The van der Waals surface area contributed by atoms with Crippen LogP contribution in [0.15, 0.2) is 73.2 Å². The average Bonchev–Trinajstić information content (AvgIpc) is 3.26. The predicted molar refractivity (Wildman–Crippen MR) is 111 cm³/mol. The van der Waals surface area contributed by atoms with Gasteiger partial charge in [0.2, 0.25) is 0 Å². The molecular formula is C22H13F6N5O2. The number of pyridine rings is 2. The fourth-order valence-corrected chi connectivity index (χ4v) is 3.02. The van der Waals surface area contributed by atoms with Crippen molar-refractivity contribution >= 4 is 11.6 Å². The molecule has 4 aromatic rings. The van der Waals surface area contributed by atoms with Crippen molar-refractivity contribution in [3.63, 3.8) is 0 Å². The maximum Gasteiger partial charge on any atom is 0.573 e. The summed E-state index contributed by atoms with van der Waals surface area (Å²) >= 11 is 0. The van der Waals surface area contributed by atoms with E-state index in [0.29, 0.717) is 10.2 Å². The highest BCUT2D eigenvalue weighted by Gasteiger charge is 2.36. The maximum atomic E-state index is 13.6. The fourth-order valence-electron chi connectivity index (χ4n) is 3.02. The molecule has 0 aliphatic rings. The molecule has 35 heavy (non-hydrogen) atoms. The van der Waals surface area contributed by atoms with Crippen molar-refractivity contribution in [3.8, 4) is 22.7 Å². The lowest BCUT2D eigenvalue weighted by Gasteiger charge is -2.11. The number of hydrogen-bond donors (Lipinski definition) is 1. The van der Waals surface area contributed by atoms with Crippen LogP contribution in [0.3, 0.4) is 0 Å². The van der Waals surface area contributed by atoms with Gasteiger partial charge in [0.15, 0.2) is 0 Å². The molecule has 1 amide bonds. The van der Waals surface area contributed by atoms with E-state index >= 15 is 0 Å². The van der Waals surface area contributed by atoms with E-state index in [0.717, 1.165) is 24.4 Å². The van der Waals surface area contributed by atoms with Gasteiger partial charge in [0, 0.05) is 23.6 Å². The first kappa shape index (κ1) is 23.7. The summed E-state index contributed by atoms with van der Waals surface area (Å²) in [5.74, 6) is -1.20. The van der Waals surface area contributed by atoms with E-state index in [1.165, 1.54) is 36.7 Å². The fraction of sp³-hybridized carbons (Fsp3) is 0.0909. The summed E-state index contributed by atoms with van der Waals surface area (Å²) in [6.45, 7) is 0. The summed E-state index contributed by atoms with van der Waals surface area (Å²) in [6.07, 6.45) is -5.67. The lowest BCUT2D eigenvalue weighted by atomic mass is 10.2. The number of benzene rings is 1. The third-order valence-electron chi connectivity index (χ3n) is 4.53. The van der Waals surface area contributed by atoms with E-state index in [4.69, 9.17) is 0 Å². The van der Waals surface area contributed by atoms with Gasteiger partial charge in [0.25, 0.3) is 5.91 Å². The molecule has 7 nitrogen and oxygen atoms in total. The van der Waals surface area contributed by atoms with Crippen LogP contribution in [0, 0.1) is 0 Å². The first-order valence-corrected chi connectivity index (χ1v) is 9.71. The van der Waals surface area contributed by atoms with E-state index in [1.807, 2.05) is 0 Å². The van der Waals surface area contributed by atoms with Crippen LogP contribution in [0.25, 0.3) is 16.9 Å². The number of alkyl halides is 6. The van der Waals surface area contributed by atoms with Gasteiger partial charge in [-0.2, -0.15) is 18.3 Å². The Labute approximate surface area is 193 Å². The van der Waals surface area contributed by atoms with Crippen molar-refractivity contribution in [2.24, 2.45) is 0 Å². The average molecular weight is 493 g/mol.